The lowest BCUT2D eigenvalue weighted by molar-refractivity contribution is -0.137. The van der Waals surface area contributed by atoms with Crippen molar-refractivity contribution in [2.45, 2.75) is 19.3 Å². The Morgan fingerprint density at radius 1 is 1.04 bits per heavy atom. The van der Waals surface area contributed by atoms with Gasteiger partial charge in [0.25, 0.3) is 0 Å². The first-order valence-electron chi connectivity index (χ1n) is 9.21. The molecule has 0 radical (unpaired) electrons. The minimum Gasteiger partial charge on any atom is -0.344 e. The molecule has 3 rings (SSSR count). The Balaban J connectivity index is 1.47. The lowest BCUT2D eigenvalue weighted by atomic mass is 9.99. The molecule has 2 amide bonds. The number of likely N-dealkylation sites (tertiary alicyclic amines) is 1. The number of carbonyl (C=O) groups excluding carboxylic acids is 2. The minimum atomic E-state index is 0.00893. The zero-order valence-electron chi connectivity index (χ0n) is 15.3. The summed E-state index contributed by atoms with van der Waals surface area (Å²) in [5.41, 5.74) is 2.46. The third-order valence-corrected chi connectivity index (χ3v) is 4.99. The molecule has 0 saturated carbocycles. The average Bonchev–Trinajstić information content (AvgIpc) is 3.00. The van der Waals surface area contributed by atoms with Gasteiger partial charge in [0.05, 0.1) is 6.54 Å². The van der Waals surface area contributed by atoms with Gasteiger partial charge in [-0.25, -0.2) is 0 Å². The maximum atomic E-state index is 12.5. The van der Waals surface area contributed by atoms with Crippen molar-refractivity contribution >= 4 is 11.8 Å². The van der Waals surface area contributed by atoms with Gasteiger partial charge in [0, 0.05) is 26.6 Å². The molecule has 136 valence electrons. The molecule has 1 aliphatic heterocycles. The number of rotatable bonds is 7. The number of likely N-dealkylation sites (N-methyl/N-ethyl adjacent to an activating group) is 1. The molecule has 0 spiro atoms. The molecular formula is C22H26N2O2. The summed E-state index contributed by atoms with van der Waals surface area (Å²) in [5, 5.41) is 0. The highest BCUT2D eigenvalue weighted by atomic mass is 16.2. The molecule has 2 aromatic rings. The Bertz CT molecular complexity index is 730. The lowest BCUT2D eigenvalue weighted by Crippen LogP contribution is -2.40. The second-order valence-corrected chi connectivity index (χ2v) is 7.09. The van der Waals surface area contributed by atoms with E-state index in [9.17, 15) is 9.59 Å². The Morgan fingerprint density at radius 3 is 2.31 bits per heavy atom. The highest BCUT2D eigenvalue weighted by Gasteiger charge is 2.31. The Hall–Kier alpha value is -2.62. The van der Waals surface area contributed by atoms with Gasteiger partial charge in [0.2, 0.25) is 11.8 Å². The van der Waals surface area contributed by atoms with Gasteiger partial charge < -0.3 is 9.80 Å². The third-order valence-electron chi connectivity index (χ3n) is 4.99. The molecule has 4 heteroatoms. The number of amides is 2. The fourth-order valence-electron chi connectivity index (χ4n) is 3.44. The maximum Gasteiger partial charge on any atom is 0.241 e. The zero-order valence-corrected chi connectivity index (χ0v) is 15.3. The van der Waals surface area contributed by atoms with Crippen molar-refractivity contribution in [2.75, 3.05) is 26.7 Å². The number of benzene rings is 2. The van der Waals surface area contributed by atoms with E-state index >= 15 is 0 Å². The van der Waals surface area contributed by atoms with Crippen LogP contribution < -0.4 is 0 Å². The zero-order chi connectivity index (χ0) is 18.4. The van der Waals surface area contributed by atoms with Crippen LogP contribution in [0.15, 0.2) is 60.7 Å². The topological polar surface area (TPSA) is 40.6 Å². The molecule has 1 saturated heterocycles. The summed E-state index contributed by atoms with van der Waals surface area (Å²) < 4.78 is 0. The van der Waals surface area contributed by atoms with Crippen molar-refractivity contribution in [1.29, 1.82) is 0 Å². The fourth-order valence-corrected chi connectivity index (χ4v) is 3.44. The lowest BCUT2D eigenvalue weighted by Gasteiger charge is -2.22. The minimum absolute atomic E-state index is 0.00893. The highest BCUT2D eigenvalue weighted by molar-refractivity contribution is 5.86. The Morgan fingerprint density at radius 2 is 1.65 bits per heavy atom. The predicted molar refractivity (Wildman–Crippen MR) is 103 cm³/mol. The molecule has 26 heavy (non-hydrogen) atoms. The van der Waals surface area contributed by atoms with Gasteiger partial charge in [-0.2, -0.15) is 0 Å². The van der Waals surface area contributed by atoms with E-state index in [-0.39, 0.29) is 18.4 Å². The van der Waals surface area contributed by atoms with E-state index in [1.807, 2.05) is 43.4 Å². The van der Waals surface area contributed by atoms with Crippen molar-refractivity contribution in [3.05, 3.63) is 71.8 Å². The summed E-state index contributed by atoms with van der Waals surface area (Å²) >= 11 is 0. The molecule has 1 fully saturated rings. The van der Waals surface area contributed by atoms with E-state index in [2.05, 4.69) is 24.3 Å². The van der Waals surface area contributed by atoms with Crippen molar-refractivity contribution in [3.8, 4) is 0 Å². The molecule has 0 N–H and O–H groups in total. The maximum absolute atomic E-state index is 12.5. The Kier molecular flexibility index (Phi) is 6.05. The van der Waals surface area contributed by atoms with E-state index in [0.29, 0.717) is 25.4 Å². The normalized spacial score (nSPS) is 16.7. The van der Waals surface area contributed by atoms with Crippen molar-refractivity contribution in [2.24, 2.45) is 5.92 Å². The first kappa shape index (κ1) is 18.2. The molecule has 1 unspecified atom stereocenters. The van der Waals surface area contributed by atoms with Crippen molar-refractivity contribution in [1.82, 2.24) is 9.80 Å². The number of hydrogen-bond acceptors (Lipinski definition) is 2. The number of carbonyl (C=O) groups is 2. The van der Waals surface area contributed by atoms with Gasteiger partial charge in [-0.15, -0.1) is 0 Å². The molecule has 4 nitrogen and oxygen atoms in total. The molecular weight excluding hydrogens is 324 g/mol. The highest BCUT2D eigenvalue weighted by Crippen LogP contribution is 2.22. The van der Waals surface area contributed by atoms with Crippen LogP contribution in [0.4, 0.5) is 0 Å². The SMILES string of the molecule is CN(CCc1ccccc1)C(=O)CN1CC(Cc2ccccc2)CC1=O. The number of hydrogen-bond donors (Lipinski definition) is 0. The fraction of sp³-hybridized carbons (Fsp3) is 0.364. The van der Waals surface area contributed by atoms with Gasteiger partial charge in [0.1, 0.15) is 0 Å². The summed E-state index contributed by atoms with van der Waals surface area (Å²) in [7, 11) is 1.81. The first-order chi connectivity index (χ1) is 12.6. The van der Waals surface area contributed by atoms with Crippen LogP contribution in [0.25, 0.3) is 0 Å². The molecule has 0 aromatic heterocycles. The second kappa shape index (κ2) is 8.65. The average molecular weight is 350 g/mol. The molecule has 1 atom stereocenters. The monoisotopic (exact) mass is 350 g/mol. The van der Waals surface area contributed by atoms with Crippen LogP contribution in [0, 0.1) is 5.92 Å². The molecule has 1 heterocycles. The van der Waals surface area contributed by atoms with E-state index in [4.69, 9.17) is 0 Å². The largest absolute Gasteiger partial charge is 0.344 e. The summed E-state index contributed by atoms with van der Waals surface area (Å²) in [6, 6.07) is 20.4. The molecule has 0 bridgehead atoms. The van der Waals surface area contributed by atoms with Crippen LogP contribution in [0.1, 0.15) is 17.5 Å². The van der Waals surface area contributed by atoms with E-state index < -0.39 is 0 Å². The van der Waals surface area contributed by atoms with Gasteiger partial charge in [0.15, 0.2) is 0 Å². The summed E-state index contributed by atoms with van der Waals surface area (Å²) in [6.07, 6.45) is 2.25. The van der Waals surface area contributed by atoms with E-state index in [0.717, 1.165) is 12.8 Å². The van der Waals surface area contributed by atoms with Crippen LogP contribution in [-0.4, -0.2) is 48.3 Å². The summed E-state index contributed by atoms with van der Waals surface area (Å²) in [6.45, 7) is 1.53. The third kappa shape index (κ3) is 4.94. The van der Waals surface area contributed by atoms with Gasteiger partial charge in [-0.05, 0) is 29.9 Å². The second-order valence-electron chi connectivity index (χ2n) is 7.09. The van der Waals surface area contributed by atoms with Crippen LogP contribution in [0.2, 0.25) is 0 Å². The van der Waals surface area contributed by atoms with Crippen LogP contribution in [-0.2, 0) is 22.4 Å². The van der Waals surface area contributed by atoms with E-state index in [1.54, 1.807) is 9.80 Å². The molecule has 2 aromatic carbocycles. The quantitative estimate of drug-likeness (QED) is 0.770. The first-order valence-corrected chi connectivity index (χ1v) is 9.21. The molecule has 1 aliphatic rings. The predicted octanol–water partition coefficient (Wildman–Crippen LogP) is 2.78. The van der Waals surface area contributed by atoms with Crippen LogP contribution in [0.5, 0.6) is 0 Å². The van der Waals surface area contributed by atoms with Gasteiger partial charge >= 0.3 is 0 Å². The van der Waals surface area contributed by atoms with Crippen LogP contribution >= 0.6 is 0 Å². The number of nitrogens with zero attached hydrogens (tertiary/aromatic N) is 2. The van der Waals surface area contributed by atoms with Crippen molar-refractivity contribution in [3.63, 3.8) is 0 Å². The molecule has 0 aliphatic carbocycles. The van der Waals surface area contributed by atoms with Crippen molar-refractivity contribution < 1.29 is 9.59 Å². The smallest absolute Gasteiger partial charge is 0.241 e. The summed E-state index contributed by atoms with van der Waals surface area (Å²) in [4.78, 5) is 28.2. The summed E-state index contributed by atoms with van der Waals surface area (Å²) in [5.74, 6) is 0.401. The van der Waals surface area contributed by atoms with Gasteiger partial charge in [-0.1, -0.05) is 60.7 Å². The standard InChI is InChI=1S/C22H26N2O2/c1-23(13-12-18-8-4-2-5-9-18)22(26)17-24-16-20(15-21(24)25)14-19-10-6-3-7-11-19/h2-11,20H,12-17H2,1H3. The van der Waals surface area contributed by atoms with Crippen LogP contribution in [0.3, 0.4) is 0 Å². The van der Waals surface area contributed by atoms with E-state index in [1.165, 1.54) is 11.1 Å². The van der Waals surface area contributed by atoms with Gasteiger partial charge in [-0.3, -0.25) is 9.59 Å². The Labute approximate surface area is 155 Å².